The number of carbonyl (C=O) groups excluding carboxylic acids is 3. The van der Waals surface area contributed by atoms with Crippen molar-refractivity contribution in [2.75, 3.05) is 11.9 Å². The molecule has 1 saturated heterocycles. The first-order valence-electron chi connectivity index (χ1n) is 8.65. The Balaban J connectivity index is 1.36. The minimum absolute atomic E-state index is 0.0293. The summed E-state index contributed by atoms with van der Waals surface area (Å²) in [5.41, 5.74) is -0.958. The summed E-state index contributed by atoms with van der Waals surface area (Å²) in [7, 11) is 0. The molecule has 0 aromatic heterocycles. The number of hydrogen-bond acceptors (Lipinski definition) is 5. The summed E-state index contributed by atoms with van der Waals surface area (Å²) in [6.45, 7) is -0.652. The third-order valence-corrected chi connectivity index (χ3v) is 6.81. The quantitative estimate of drug-likeness (QED) is 0.550. The van der Waals surface area contributed by atoms with Crippen LogP contribution in [0.4, 0.5) is 18.9 Å². The number of hydrogen-bond donors (Lipinski definition) is 1. The fraction of sp³-hybridized carbons (Fsp3) is 0.500. The fourth-order valence-electron chi connectivity index (χ4n) is 4.50. The van der Waals surface area contributed by atoms with E-state index in [0.717, 1.165) is 18.2 Å². The normalized spacial score (nSPS) is 32.9. The lowest BCUT2D eigenvalue weighted by molar-refractivity contribution is -0.157. The molecule has 28 heavy (non-hydrogen) atoms. The van der Waals surface area contributed by atoms with Crippen molar-refractivity contribution >= 4 is 39.5 Å². The van der Waals surface area contributed by atoms with Crippen molar-refractivity contribution in [1.29, 1.82) is 0 Å². The Labute approximate surface area is 165 Å². The van der Waals surface area contributed by atoms with Crippen LogP contribution in [-0.2, 0) is 30.0 Å². The zero-order chi connectivity index (χ0) is 20.2. The molecule has 3 aliphatic rings. The molecule has 1 aromatic rings. The Hall–Kier alpha value is -2.10. The monoisotopic (exact) mass is 461 g/mol. The predicted octanol–water partition coefficient (Wildman–Crippen LogP) is 2.76. The largest absolute Gasteiger partial charge is 0.461 e. The maximum atomic E-state index is 12.7. The molecule has 10 heteroatoms. The van der Waals surface area contributed by atoms with Crippen molar-refractivity contribution in [3.63, 3.8) is 0 Å². The predicted molar refractivity (Wildman–Crippen MR) is 92.2 cm³/mol. The molecule has 1 aromatic carbocycles. The first kappa shape index (κ1) is 19.2. The highest BCUT2D eigenvalue weighted by molar-refractivity contribution is 9.09. The molecule has 0 spiro atoms. The summed E-state index contributed by atoms with van der Waals surface area (Å²) in [6, 6.07) is 4.14. The van der Waals surface area contributed by atoms with Crippen molar-refractivity contribution in [3.8, 4) is 0 Å². The van der Waals surface area contributed by atoms with E-state index in [2.05, 4.69) is 21.2 Å². The minimum atomic E-state index is -4.53. The number of nitrogens with one attached hydrogen (secondary N) is 1. The molecule has 6 atom stereocenters. The number of fused-ring (bicyclic) bond motifs is 1. The number of amides is 1. The Kier molecular flexibility index (Phi) is 4.64. The molecule has 2 saturated carbocycles. The molecule has 0 radical (unpaired) electrons. The number of ether oxygens (including phenoxy) is 2. The molecule has 1 amide bonds. The zero-order valence-electron chi connectivity index (χ0n) is 14.2. The van der Waals surface area contributed by atoms with Gasteiger partial charge >= 0.3 is 18.1 Å². The van der Waals surface area contributed by atoms with Crippen LogP contribution in [0.2, 0.25) is 0 Å². The molecule has 4 rings (SSSR count). The van der Waals surface area contributed by atoms with Crippen molar-refractivity contribution < 1.29 is 37.0 Å². The van der Waals surface area contributed by atoms with E-state index in [-0.39, 0.29) is 28.5 Å². The Morgan fingerprint density at radius 3 is 2.75 bits per heavy atom. The van der Waals surface area contributed by atoms with Crippen LogP contribution in [0.25, 0.3) is 0 Å². The van der Waals surface area contributed by atoms with E-state index in [1.54, 1.807) is 0 Å². The molecular weight excluding hydrogens is 447 g/mol. The number of anilines is 1. The maximum absolute atomic E-state index is 12.7. The second-order valence-corrected chi connectivity index (χ2v) is 8.25. The smallest absolute Gasteiger partial charge is 0.416 e. The number of halogens is 4. The molecule has 150 valence electrons. The van der Waals surface area contributed by atoms with E-state index < -0.39 is 48.0 Å². The summed E-state index contributed by atoms with van der Waals surface area (Å²) in [4.78, 5) is 36.3. The van der Waals surface area contributed by atoms with Crippen LogP contribution in [0, 0.1) is 23.7 Å². The van der Waals surface area contributed by atoms with E-state index in [4.69, 9.17) is 9.47 Å². The lowest BCUT2D eigenvalue weighted by Crippen LogP contribution is -2.39. The number of esters is 2. The van der Waals surface area contributed by atoms with E-state index in [0.29, 0.717) is 6.42 Å². The average molecular weight is 462 g/mol. The highest BCUT2D eigenvalue weighted by atomic mass is 79.9. The van der Waals surface area contributed by atoms with Crippen LogP contribution >= 0.6 is 15.9 Å². The van der Waals surface area contributed by atoms with Gasteiger partial charge in [0.2, 0.25) is 0 Å². The van der Waals surface area contributed by atoms with Gasteiger partial charge in [0, 0.05) is 11.6 Å². The van der Waals surface area contributed by atoms with Gasteiger partial charge in [-0.2, -0.15) is 13.2 Å². The third-order valence-electron chi connectivity index (χ3n) is 5.61. The van der Waals surface area contributed by atoms with E-state index in [1.165, 1.54) is 6.07 Å². The van der Waals surface area contributed by atoms with Gasteiger partial charge < -0.3 is 14.8 Å². The second-order valence-electron chi connectivity index (χ2n) is 7.20. The van der Waals surface area contributed by atoms with Gasteiger partial charge in [0.05, 0.1) is 22.2 Å². The summed E-state index contributed by atoms with van der Waals surface area (Å²) in [5.74, 6) is -3.22. The number of carbonyl (C=O) groups is 3. The van der Waals surface area contributed by atoms with Crippen LogP contribution in [0.15, 0.2) is 24.3 Å². The average Bonchev–Trinajstić information content (AvgIpc) is 3.23. The first-order valence-corrected chi connectivity index (χ1v) is 9.56. The molecule has 3 fully saturated rings. The van der Waals surface area contributed by atoms with Crippen molar-refractivity contribution in [3.05, 3.63) is 29.8 Å². The summed E-state index contributed by atoms with van der Waals surface area (Å²) in [5, 5.41) is 2.27. The van der Waals surface area contributed by atoms with E-state index in [1.807, 2.05) is 0 Å². The van der Waals surface area contributed by atoms with Crippen molar-refractivity contribution in [2.24, 2.45) is 23.7 Å². The maximum Gasteiger partial charge on any atom is 0.416 e. The van der Waals surface area contributed by atoms with Gasteiger partial charge in [0.25, 0.3) is 5.91 Å². The van der Waals surface area contributed by atoms with Crippen LogP contribution in [-0.4, -0.2) is 35.4 Å². The van der Waals surface area contributed by atoms with Crippen LogP contribution < -0.4 is 5.32 Å². The zero-order valence-corrected chi connectivity index (χ0v) is 15.8. The highest BCUT2D eigenvalue weighted by Crippen LogP contribution is 2.60. The summed E-state index contributed by atoms with van der Waals surface area (Å²) >= 11 is 3.48. The van der Waals surface area contributed by atoms with Crippen molar-refractivity contribution in [2.45, 2.75) is 23.5 Å². The van der Waals surface area contributed by atoms with Crippen LogP contribution in [0.5, 0.6) is 0 Å². The Bertz CT molecular complexity index is 845. The standard InChI is InChI=1S/C18H15BrF3NO5/c19-14-9-5-10-13(17(26)28-15(10)14)12(9)16(25)27-6-11(24)23-8-3-1-2-7(4-8)18(20,21)22/h1-4,9-10,12-15H,5-6H2,(H,23,24)/t9-,10-,12-,13-,14-,15+/m1/s1. The number of rotatable bonds is 4. The SMILES string of the molecule is O=C(COC(=O)[C@@H]1[C@H]2C[C@H]3[C@H](OC(=O)[C@H]31)[C@@H]2Br)Nc1cccc(C(F)(F)F)c1. The minimum Gasteiger partial charge on any atom is -0.461 e. The molecule has 1 heterocycles. The summed E-state index contributed by atoms with van der Waals surface area (Å²) < 4.78 is 48.5. The molecular formula is C18H15BrF3NO5. The van der Waals surface area contributed by atoms with Gasteiger partial charge in [-0.25, -0.2) is 0 Å². The first-order chi connectivity index (χ1) is 13.2. The van der Waals surface area contributed by atoms with Gasteiger partial charge in [-0.3, -0.25) is 14.4 Å². The lowest BCUT2D eigenvalue weighted by Gasteiger charge is -2.26. The van der Waals surface area contributed by atoms with Gasteiger partial charge in [0.15, 0.2) is 6.61 Å². The van der Waals surface area contributed by atoms with Gasteiger partial charge in [-0.1, -0.05) is 22.0 Å². The third kappa shape index (κ3) is 3.17. The van der Waals surface area contributed by atoms with Gasteiger partial charge in [0.1, 0.15) is 6.10 Å². The highest BCUT2D eigenvalue weighted by Gasteiger charge is 2.68. The molecule has 2 aliphatic carbocycles. The van der Waals surface area contributed by atoms with Crippen LogP contribution in [0.1, 0.15) is 12.0 Å². The number of alkyl halides is 4. The fourth-order valence-corrected chi connectivity index (χ4v) is 5.54. The van der Waals surface area contributed by atoms with E-state index >= 15 is 0 Å². The molecule has 2 bridgehead atoms. The molecule has 6 nitrogen and oxygen atoms in total. The van der Waals surface area contributed by atoms with Gasteiger partial charge in [-0.15, -0.1) is 0 Å². The lowest BCUT2D eigenvalue weighted by atomic mass is 9.80. The Morgan fingerprint density at radius 1 is 1.29 bits per heavy atom. The summed E-state index contributed by atoms with van der Waals surface area (Å²) in [6.07, 6.45) is -4.09. The molecule has 1 N–H and O–H groups in total. The van der Waals surface area contributed by atoms with Gasteiger partial charge in [-0.05, 0) is 30.5 Å². The van der Waals surface area contributed by atoms with Crippen LogP contribution in [0.3, 0.4) is 0 Å². The van der Waals surface area contributed by atoms with E-state index in [9.17, 15) is 27.6 Å². The second kappa shape index (κ2) is 6.75. The number of benzene rings is 1. The molecule has 0 unspecified atom stereocenters. The topological polar surface area (TPSA) is 81.7 Å². The van der Waals surface area contributed by atoms with Crippen molar-refractivity contribution in [1.82, 2.24) is 0 Å². The molecule has 1 aliphatic heterocycles. The Morgan fingerprint density at radius 2 is 2.04 bits per heavy atom.